The second-order valence-electron chi connectivity index (χ2n) is 12.3. The third-order valence-electron chi connectivity index (χ3n) is 10.3. The lowest BCUT2D eigenvalue weighted by molar-refractivity contribution is -0.142. The van der Waals surface area contributed by atoms with Crippen molar-refractivity contribution in [2.75, 3.05) is 13.1 Å². The van der Waals surface area contributed by atoms with Crippen molar-refractivity contribution in [1.82, 2.24) is 4.90 Å². The zero-order valence-electron chi connectivity index (χ0n) is 25.1. The summed E-state index contributed by atoms with van der Waals surface area (Å²) in [7, 11) is 0. The molecule has 0 radical (unpaired) electrons. The van der Waals surface area contributed by atoms with Gasteiger partial charge in [-0.05, 0) is 119 Å². The molecule has 1 aromatic heterocycles. The van der Waals surface area contributed by atoms with Crippen LogP contribution in [0.25, 0.3) is 11.0 Å². The summed E-state index contributed by atoms with van der Waals surface area (Å²) in [5.41, 5.74) is 8.95. The van der Waals surface area contributed by atoms with Crippen LogP contribution in [0, 0.1) is 54.4 Å². The topological polar surface area (TPSA) is 80.0 Å². The lowest BCUT2D eigenvalue weighted by atomic mass is 9.71. The highest BCUT2D eigenvalue weighted by Gasteiger charge is 2.43. The van der Waals surface area contributed by atoms with E-state index in [1.165, 1.54) is 33.4 Å². The van der Waals surface area contributed by atoms with Crippen molar-refractivity contribution in [1.29, 1.82) is 0 Å². The molecule has 1 amide bonds. The fourth-order valence-electron chi connectivity index (χ4n) is 6.94. The Morgan fingerprint density at radius 1 is 0.925 bits per heavy atom. The number of hydrogen-bond donors (Lipinski definition) is 1. The van der Waals surface area contributed by atoms with E-state index in [2.05, 4.69) is 34.6 Å². The van der Waals surface area contributed by atoms with Crippen molar-refractivity contribution in [2.24, 2.45) is 5.92 Å². The lowest BCUT2D eigenvalue weighted by Crippen LogP contribution is -2.55. The van der Waals surface area contributed by atoms with E-state index in [0.717, 1.165) is 42.2 Å². The number of carbonyl (C=O) groups excluding carboxylic acids is 1. The summed E-state index contributed by atoms with van der Waals surface area (Å²) < 4.78 is 12.1. The molecule has 0 unspecified atom stereocenters. The molecule has 214 valence electrons. The maximum Gasteiger partial charge on any atom is 0.340 e. The number of rotatable bonds is 5. The molecule has 2 atom stereocenters. The number of aliphatic hydroxyl groups is 1. The maximum atomic E-state index is 13.3. The molecule has 1 N–H and O–H groups in total. The molecule has 6 heteroatoms. The van der Waals surface area contributed by atoms with Gasteiger partial charge in [-0.3, -0.25) is 4.79 Å². The van der Waals surface area contributed by atoms with E-state index in [4.69, 9.17) is 9.15 Å². The molecule has 2 fully saturated rings. The van der Waals surface area contributed by atoms with E-state index in [0.29, 0.717) is 43.0 Å². The van der Waals surface area contributed by atoms with Crippen molar-refractivity contribution in [2.45, 2.75) is 99.2 Å². The normalized spacial score (nSPS) is 21.0. The maximum absolute atomic E-state index is 13.3. The average Bonchev–Trinajstić information content (AvgIpc) is 2.93. The molecule has 1 aliphatic heterocycles. The van der Waals surface area contributed by atoms with E-state index in [9.17, 15) is 14.7 Å². The molecule has 5 rings (SSSR count). The van der Waals surface area contributed by atoms with Crippen LogP contribution in [-0.2, 0) is 17.8 Å². The summed E-state index contributed by atoms with van der Waals surface area (Å²) in [6.07, 6.45) is 4.53. The van der Waals surface area contributed by atoms with E-state index in [1.54, 1.807) is 0 Å². The molecule has 0 bridgehead atoms. The van der Waals surface area contributed by atoms with Crippen LogP contribution < -0.4 is 10.4 Å². The Kier molecular flexibility index (Phi) is 7.60. The standard InChI is InChI=1S/C34H43NO5/c1-19-20(2)22(4)29(23(5)21(19)3)18-39-30-12-11-27-24(6)28(33(37)40-32(27)25(30)7)16-31(36)35-15-14-34(38)13-9-8-10-26(34)17-35/h11-12,26,38H,8-10,13-18H2,1-7H3/t26-,34+/m1/s1. The number of carbonyl (C=O) groups is 1. The van der Waals surface area contributed by atoms with Crippen LogP contribution >= 0.6 is 0 Å². The van der Waals surface area contributed by atoms with Gasteiger partial charge in [0.05, 0.1) is 17.6 Å². The summed E-state index contributed by atoms with van der Waals surface area (Å²) in [5, 5.41) is 11.8. The third-order valence-corrected chi connectivity index (χ3v) is 10.3. The first-order chi connectivity index (χ1) is 18.9. The number of aryl methyl sites for hydroxylation is 2. The second-order valence-corrected chi connectivity index (χ2v) is 12.3. The van der Waals surface area contributed by atoms with E-state index >= 15 is 0 Å². The van der Waals surface area contributed by atoms with Crippen LogP contribution in [0.3, 0.4) is 0 Å². The number of piperidine rings is 1. The predicted molar refractivity (Wildman–Crippen MR) is 158 cm³/mol. The van der Waals surface area contributed by atoms with E-state index in [-0.39, 0.29) is 18.2 Å². The first-order valence-electron chi connectivity index (χ1n) is 14.7. The van der Waals surface area contributed by atoms with Crippen molar-refractivity contribution >= 4 is 16.9 Å². The lowest BCUT2D eigenvalue weighted by Gasteiger charge is -2.47. The Hall–Kier alpha value is -3.12. The number of benzene rings is 2. The highest BCUT2D eigenvalue weighted by molar-refractivity contribution is 5.87. The van der Waals surface area contributed by atoms with Gasteiger partial charge >= 0.3 is 5.63 Å². The minimum atomic E-state index is -0.640. The van der Waals surface area contributed by atoms with Gasteiger partial charge in [-0.1, -0.05) is 12.8 Å². The zero-order chi connectivity index (χ0) is 28.9. The van der Waals surface area contributed by atoms with Gasteiger partial charge in [0, 0.05) is 30.0 Å². The highest BCUT2D eigenvalue weighted by Crippen LogP contribution is 2.40. The molecule has 1 aliphatic carbocycles. The highest BCUT2D eigenvalue weighted by atomic mass is 16.5. The Bertz CT molecular complexity index is 1520. The van der Waals surface area contributed by atoms with Crippen molar-refractivity contribution in [3.63, 3.8) is 0 Å². The summed E-state index contributed by atoms with van der Waals surface area (Å²) in [4.78, 5) is 28.3. The molecular weight excluding hydrogens is 502 g/mol. The quantitative estimate of drug-likeness (QED) is 0.385. The van der Waals surface area contributed by atoms with Gasteiger partial charge in [0.25, 0.3) is 0 Å². The van der Waals surface area contributed by atoms with E-state index in [1.807, 2.05) is 30.9 Å². The number of nitrogens with zero attached hydrogens (tertiary/aromatic N) is 1. The summed E-state index contributed by atoms with van der Waals surface area (Å²) >= 11 is 0. The first kappa shape index (κ1) is 28.4. The van der Waals surface area contributed by atoms with Crippen LogP contribution in [0.2, 0.25) is 0 Å². The molecular formula is C34H43NO5. The van der Waals surface area contributed by atoms with E-state index < -0.39 is 11.2 Å². The van der Waals surface area contributed by atoms with Crippen molar-refractivity contribution < 1.29 is 19.1 Å². The van der Waals surface area contributed by atoms with Crippen molar-refractivity contribution in [3.8, 4) is 5.75 Å². The number of likely N-dealkylation sites (tertiary alicyclic amines) is 1. The van der Waals surface area contributed by atoms with Crippen LogP contribution in [0.4, 0.5) is 0 Å². The molecule has 0 spiro atoms. The third kappa shape index (κ3) is 4.85. The van der Waals surface area contributed by atoms with Crippen LogP contribution in [0.1, 0.15) is 82.2 Å². The van der Waals surface area contributed by atoms with Gasteiger partial charge in [0.1, 0.15) is 17.9 Å². The fourth-order valence-corrected chi connectivity index (χ4v) is 6.94. The SMILES string of the molecule is Cc1c(C)c(C)c(COc2ccc3c(C)c(CC(=O)N4CC[C@@]5(O)CCCC[C@@H]5C4)c(=O)oc3c2C)c(C)c1C. The van der Waals surface area contributed by atoms with Crippen LogP contribution in [0.15, 0.2) is 21.3 Å². The molecule has 1 saturated carbocycles. The molecule has 1 saturated heterocycles. The molecule has 2 aliphatic rings. The number of ether oxygens (including phenoxy) is 1. The molecule has 2 aromatic carbocycles. The molecule has 40 heavy (non-hydrogen) atoms. The average molecular weight is 546 g/mol. The molecule has 2 heterocycles. The minimum absolute atomic E-state index is 0.0111. The van der Waals surface area contributed by atoms with Crippen molar-refractivity contribution in [3.05, 3.63) is 72.6 Å². The second kappa shape index (κ2) is 10.7. The number of fused-ring (bicyclic) bond motifs is 2. The van der Waals surface area contributed by atoms with Crippen LogP contribution in [-0.4, -0.2) is 34.6 Å². The number of hydrogen-bond acceptors (Lipinski definition) is 5. The van der Waals surface area contributed by atoms with Gasteiger partial charge < -0.3 is 19.2 Å². The van der Waals surface area contributed by atoms with Crippen LogP contribution in [0.5, 0.6) is 5.75 Å². The fraction of sp³-hybridized carbons (Fsp3) is 0.529. The summed E-state index contributed by atoms with van der Waals surface area (Å²) in [5.74, 6) is 0.727. The molecule has 3 aromatic rings. The zero-order valence-corrected chi connectivity index (χ0v) is 25.1. The van der Waals surface area contributed by atoms with Gasteiger partial charge in [-0.15, -0.1) is 0 Å². The van der Waals surface area contributed by atoms with Gasteiger partial charge in [0.15, 0.2) is 0 Å². The Morgan fingerprint density at radius 3 is 2.30 bits per heavy atom. The smallest absolute Gasteiger partial charge is 0.340 e. The Labute approximate surface area is 237 Å². The Morgan fingerprint density at radius 2 is 1.60 bits per heavy atom. The van der Waals surface area contributed by atoms with Gasteiger partial charge in [0.2, 0.25) is 5.91 Å². The summed E-state index contributed by atoms with van der Waals surface area (Å²) in [6.45, 7) is 16.1. The van der Waals surface area contributed by atoms with Gasteiger partial charge in [-0.25, -0.2) is 4.79 Å². The number of amides is 1. The molecule has 6 nitrogen and oxygen atoms in total. The monoisotopic (exact) mass is 545 g/mol. The van der Waals surface area contributed by atoms with Gasteiger partial charge in [-0.2, -0.15) is 0 Å². The summed E-state index contributed by atoms with van der Waals surface area (Å²) in [6, 6.07) is 3.86. The Balaban J connectivity index is 1.37. The minimum Gasteiger partial charge on any atom is -0.488 e. The predicted octanol–water partition coefficient (Wildman–Crippen LogP) is 6.23. The first-order valence-corrected chi connectivity index (χ1v) is 14.7. The largest absolute Gasteiger partial charge is 0.488 e.